The number of nitrogens with zero attached hydrogens (tertiary/aromatic N) is 1. The first kappa shape index (κ1) is 13.8. The highest BCUT2D eigenvalue weighted by Gasteiger charge is 2.21. The maximum Gasteiger partial charge on any atom is 0.0606 e. The predicted octanol–water partition coefficient (Wildman–Crippen LogP) is 2.52. The lowest BCUT2D eigenvalue weighted by Crippen LogP contribution is -2.28. The van der Waals surface area contributed by atoms with E-state index in [1.165, 1.54) is 24.1 Å². The van der Waals surface area contributed by atoms with Crippen LogP contribution >= 0.6 is 15.9 Å². The fourth-order valence-electron chi connectivity index (χ4n) is 2.09. The quantitative estimate of drug-likeness (QED) is 0.812. The second kappa shape index (κ2) is 6.55. The zero-order chi connectivity index (χ0) is 13.0. The Morgan fingerprint density at radius 2 is 2.22 bits per heavy atom. The minimum Gasteiger partial charge on any atom is -0.395 e. The minimum atomic E-state index is 0.190. The van der Waals surface area contributed by atoms with E-state index in [9.17, 15) is 0 Å². The van der Waals surface area contributed by atoms with Gasteiger partial charge in [0.1, 0.15) is 0 Å². The molecular weight excluding hydrogens is 292 g/mol. The fraction of sp³-hybridized carbons (Fsp3) is 0.571. The second-order valence-corrected chi connectivity index (χ2v) is 5.65. The number of rotatable bonds is 7. The van der Waals surface area contributed by atoms with Crippen LogP contribution in [0.4, 0.5) is 5.69 Å². The van der Waals surface area contributed by atoms with E-state index in [1.54, 1.807) is 0 Å². The zero-order valence-electron chi connectivity index (χ0n) is 10.8. The molecule has 0 unspecified atom stereocenters. The Morgan fingerprint density at radius 3 is 2.83 bits per heavy atom. The molecule has 0 spiro atoms. The summed E-state index contributed by atoms with van der Waals surface area (Å²) in [5.74, 6) is 0. The van der Waals surface area contributed by atoms with Crippen LogP contribution in [0.25, 0.3) is 0 Å². The van der Waals surface area contributed by atoms with E-state index in [0.717, 1.165) is 23.6 Å². The first-order chi connectivity index (χ1) is 8.74. The number of anilines is 1. The maximum atomic E-state index is 9.15. The molecule has 3 nitrogen and oxygen atoms in total. The summed E-state index contributed by atoms with van der Waals surface area (Å²) in [5, 5.41) is 12.7. The number of hydrogen-bond acceptors (Lipinski definition) is 3. The number of benzene rings is 1. The average molecular weight is 313 g/mol. The van der Waals surface area contributed by atoms with Crippen LogP contribution in [0.1, 0.15) is 25.3 Å². The molecule has 0 atom stereocenters. The molecule has 0 bridgehead atoms. The molecule has 0 radical (unpaired) electrons. The van der Waals surface area contributed by atoms with Crippen molar-refractivity contribution >= 4 is 21.6 Å². The second-order valence-electron chi connectivity index (χ2n) is 4.73. The monoisotopic (exact) mass is 312 g/mol. The highest BCUT2D eigenvalue weighted by Crippen LogP contribution is 2.26. The summed E-state index contributed by atoms with van der Waals surface area (Å²) in [5.41, 5.74) is 2.52. The van der Waals surface area contributed by atoms with Gasteiger partial charge in [-0.3, -0.25) is 0 Å². The summed E-state index contributed by atoms with van der Waals surface area (Å²) in [6.07, 6.45) is 2.61. The van der Waals surface area contributed by atoms with Gasteiger partial charge in [0, 0.05) is 35.8 Å². The fourth-order valence-corrected chi connectivity index (χ4v) is 2.44. The van der Waals surface area contributed by atoms with Crippen LogP contribution in [0.2, 0.25) is 0 Å². The van der Waals surface area contributed by atoms with Crippen molar-refractivity contribution in [3.8, 4) is 0 Å². The molecule has 100 valence electrons. The summed E-state index contributed by atoms with van der Waals surface area (Å²) in [4.78, 5) is 2.22. The molecule has 1 aromatic rings. The van der Waals surface area contributed by atoms with Crippen molar-refractivity contribution in [2.45, 2.75) is 32.4 Å². The first-order valence-electron chi connectivity index (χ1n) is 6.62. The number of aliphatic hydroxyl groups excluding tert-OH is 1. The van der Waals surface area contributed by atoms with Crippen molar-refractivity contribution in [2.24, 2.45) is 0 Å². The van der Waals surface area contributed by atoms with Crippen molar-refractivity contribution in [3.05, 3.63) is 28.2 Å². The molecular formula is C14H21BrN2O. The van der Waals surface area contributed by atoms with E-state index >= 15 is 0 Å². The van der Waals surface area contributed by atoms with Crippen LogP contribution in [0.5, 0.6) is 0 Å². The number of halogens is 1. The van der Waals surface area contributed by atoms with Crippen molar-refractivity contribution in [3.63, 3.8) is 0 Å². The lowest BCUT2D eigenvalue weighted by Gasteiger charge is -2.25. The number of nitrogens with one attached hydrogen (secondary N) is 1. The standard InChI is InChI=1S/C14H21BrN2O/c1-2-17(7-8-18)14-9-12(15)4-3-11(14)10-16-13-5-6-13/h3-4,9,13,16,18H,2,5-8,10H2,1H3. The van der Waals surface area contributed by atoms with E-state index in [4.69, 9.17) is 5.11 Å². The van der Waals surface area contributed by atoms with Crippen LogP contribution in [-0.4, -0.2) is 30.8 Å². The van der Waals surface area contributed by atoms with Crippen LogP contribution in [-0.2, 0) is 6.54 Å². The largest absolute Gasteiger partial charge is 0.395 e. The van der Waals surface area contributed by atoms with E-state index in [1.807, 2.05) is 0 Å². The normalized spacial score (nSPS) is 14.8. The van der Waals surface area contributed by atoms with E-state index in [2.05, 4.69) is 51.3 Å². The van der Waals surface area contributed by atoms with Crippen LogP contribution in [0, 0.1) is 0 Å². The van der Waals surface area contributed by atoms with Crippen molar-refractivity contribution in [2.75, 3.05) is 24.6 Å². The molecule has 2 rings (SSSR count). The smallest absolute Gasteiger partial charge is 0.0606 e. The van der Waals surface area contributed by atoms with Gasteiger partial charge in [0.15, 0.2) is 0 Å². The van der Waals surface area contributed by atoms with Gasteiger partial charge in [-0.2, -0.15) is 0 Å². The van der Waals surface area contributed by atoms with Gasteiger partial charge >= 0.3 is 0 Å². The van der Waals surface area contributed by atoms with Crippen LogP contribution < -0.4 is 10.2 Å². The van der Waals surface area contributed by atoms with Gasteiger partial charge in [-0.05, 0) is 37.5 Å². The van der Waals surface area contributed by atoms with Crippen molar-refractivity contribution < 1.29 is 5.11 Å². The van der Waals surface area contributed by atoms with Crippen molar-refractivity contribution in [1.29, 1.82) is 0 Å². The van der Waals surface area contributed by atoms with Gasteiger partial charge in [-0.25, -0.2) is 0 Å². The van der Waals surface area contributed by atoms with Crippen LogP contribution in [0.3, 0.4) is 0 Å². The Balaban J connectivity index is 2.14. The molecule has 0 amide bonds. The Hall–Kier alpha value is -0.580. The molecule has 1 aliphatic carbocycles. The van der Waals surface area contributed by atoms with Gasteiger partial charge in [0.2, 0.25) is 0 Å². The van der Waals surface area contributed by atoms with Crippen molar-refractivity contribution in [1.82, 2.24) is 5.32 Å². The first-order valence-corrected chi connectivity index (χ1v) is 7.41. The Bertz CT molecular complexity index is 393. The zero-order valence-corrected chi connectivity index (χ0v) is 12.4. The lowest BCUT2D eigenvalue weighted by atomic mass is 10.1. The Labute approximate surface area is 117 Å². The molecule has 4 heteroatoms. The summed E-state index contributed by atoms with van der Waals surface area (Å²) in [7, 11) is 0. The minimum absolute atomic E-state index is 0.190. The predicted molar refractivity (Wildman–Crippen MR) is 79.0 cm³/mol. The third-order valence-electron chi connectivity index (χ3n) is 3.30. The topological polar surface area (TPSA) is 35.5 Å². The average Bonchev–Trinajstić information content (AvgIpc) is 3.18. The molecule has 0 heterocycles. The molecule has 2 N–H and O–H groups in total. The summed E-state index contributed by atoms with van der Waals surface area (Å²) in [6, 6.07) is 7.10. The molecule has 0 aliphatic heterocycles. The third-order valence-corrected chi connectivity index (χ3v) is 3.79. The summed E-state index contributed by atoms with van der Waals surface area (Å²) in [6.45, 7) is 4.82. The highest BCUT2D eigenvalue weighted by atomic mass is 79.9. The number of aliphatic hydroxyl groups is 1. The molecule has 18 heavy (non-hydrogen) atoms. The SMILES string of the molecule is CCN(CCO)c1cc(Br)ccc1CNC1CC1. The lowest BCUT2D eigenvalue weighted by molar-refractivity contribution is 0.302. The van der Waals surface area contributed by atoms with Gasteiger partial charge in [-0.15, -0.1) is 0 Å². The summed E-state index contributed by atoms with van der Waals surface area (Å²) >= 11 is 3.53. The van der Waals surface area contributed by atoms with E-state index in [-0.39, 0.29) is 6.61 Å². The Kier molecular flexibility index (Phi) is 5.03. The van der Waals surface area contributed by atoms with Gasteiger partial charge in [0.05, 0.1) is 6.61 Å². The molecule has 1 aliphatic rings. The van der Waals surface area contributed by atoms with Gasteiger partial charge < -0.3 is 15.3 Å². The summed E-state index contributed by atoms with van der Waals surface area (Å²) < 4.78 is 1.09. The molecule has 1 saturated carbocycles. The Morgan fingerprint density at radius 1 is 1.44 bits per heavy atom. The molecule has 0 aromatic heterocycles. The maximum absolute atomic E-state index is 9.15. The molecule has 0 saturated heterocycles. The van der Waals surface area contributed by atoms with E-state index < -0.39 is 0 Å². The third kappa shape index (κ3) is 3.70. The number of likely N-dealkylation sites (N-methyl/N-ethyl adjacent to an activating group) is 1. The van der Waals surface area contributed by atoms with Gasteiger partial charge in [0.25, 0.3) is 0 Å². The van der Waals surface area contributed by atoms with Gasteiger partial charge in [-0.1, -0.05) is 22.0 Å². The van der Waals surface area contributed by atoms with E-state index in [0.29, 0.717) is 6.54 Å². The molecule has 1 fully saturated rings. The number of hydrogen-bond donors (Lipinski definition) is 2. The highest BCUT2D eigenvalue weighted by molar-refractivity contribution is 9.10. The van der Waals surface area contributed by atoms with Crippen LogP contribution in [0.15, 0.2) is 22.7 Å². The molecule has 1 aromatic carbocycles.